The molecule has 1 aliphatic rings. The molecular weight excluding hydrogens is 462 g/mol. The minimum atomic E-state index is -0.525. The van der Waals surface area contributed by atoms with Crippen LogP contribution in [0.1, 0.15) is 21.7 Å². The van der Waals surface area contributed by atoms with Gasteiger partial charge in [-0.05, 0) is 54.1 Å². The third-order valence-electron chi connectivity index (χ3n) is 4.78. The largest absolute Gasteiger partial charge is 0.493 e. The number of carbonyl (C=O) groups is 2. The maximum Gasteiger partial charge on any atom is 0.343 e. The van der Waals surface area contributed by atoms with Crippen molar-refractivity contribution in [3.8, 4) is 17.2 Å². The topological polar surface area (TPSA) is 78.2 Å². The van der Waals surface area contributed by atoms with Crippen LogP contribution in [-0.2, 0) is 11.3 Å². The molecule has 0 saturated carbocycles. The molecule has 3 aromatic rings. The van der Waals surface area contributed by atoms with Gasteiger partial charge in [-0.2, -0.15) is 0 Å². The highest BCUT2D eigenvalue weighted by Gasteiger charge is 2.32. The zero-order valence-electron chi connectivity index (χ0n) is 17.8. The van der Waals surface area contributed by atoms with Gasteiger partial charge >= 0.3 is 5.97 Å². The summed E-state index contributed by atoms with van der Waals surface area (Å²) < 4.78 is 21.6. The number of thioether (sulfide) groups is 1. The van der Waals surface area contributed by atoms with E-state index in [0.29, 0.717) is 44.3 Å². The average molecular weight is 482 g/mol. The summed E-state index contributed by atoms with van der Waals surface area (Å²) in [4.78, 5) is 27.2. The fraction of sp³-hybridized carbons (Fsp3) is 0.125. The maximum atomic E-state index is 12.7. The van der Waals surface area contributed by atoms with Crippen LogP contribution in [-0.4, -0.2) is 35.3 Å². The van der Waals surface area contributed by atoms with E-state index in [1.807, 2.05) is 0 Å². The van der Waals surface area contributed by atoms with Crippen molar-refractivity contribution >= 4 is 46.3 Å². The molecule has 2 aromatic carbocycles. The lowest BCUT2D eigenvalue weighted by molar-refractivity contribution is -0.122. The van der Waals surface area contributed by atoms with E-state index in [1.165, 1.54) is 30.9 Å². The van der Waals surface area contributed by atoms with Gasteiger partial charge in [0, 0.05) is 0 Å². The predicted molar refractivity (Wildman–Crippen MR) is 128 cm³/mol. The van der Waals surface area contributed by atoms with Crippen LogP contribution < -0.4 is 14.2 Å². The van der Waals surface area contributed by atoms with Crippen molar-refractivity contribution in [3.05, 3.63) is 82.7 Å². The summed E-state index contributed by atoms with van der Waals surface area (Å²) in [6, 6.07) is 15.2. The summed E-state index contributed by atoms with van der Waals surface area (Å²) in [7, 11) is 3.02. The Balaban J connectivity index is 1.43. The molecule has 1 aliphatic heterocycles. The third kappa shape index (κ3) is 5.10. The summed E-state index contributed by atoms with van der Waals surface area (Å²) in [5.74, 6) is 1.29. The molecule has 9 heteroatoms. The van der Waals surface area contributed by atoms with Crippen molar-refractivity contribution in [3.63, 3.8) is 0 Å². The van der Waals surface area contributed by atoms with Crippen LogP contribution in [0.4, 0.5) is 0 Å². The molecule has 1 aromatic heterocycles. The van der Waals surface area contributed by atoms with Crippen molar-refractivity contribution in [1.29, 1.82) is 0 Å². The Bertz CT molecular complexity index is 1220. The second-order valence-corrected chi connectivity index (χ2v) is 8.55. The SMILES string of the molecule is COc1ccc(C(=O)Oc2ccc(/C=C3\SC(=S)N(Cc4ccco4)C3=O)cc2)cc1OC. The Kier molecular flexibility index (Phi) is 6.81. The molecule has 2 heterocycles. The first-order chi connectivity index (χ1) is 16.0. The van der Waals surface area contributed by atoms with Crippen LogP contribution in [0.15, 0.2) is 70.2 Å². The van der Waals surface area contributed by atoms with Crippen LogP contribution in [0.2, 0.25) is 0 Å². The van der Waals surface area contributed by atoms with Crippen molar-refractivity contribution in [2.24, 2.45) is 0 Å². The van der Waals surface area contributed by atoms with Crippen molar-refractivity contribution in [1.82, 2.24) is 4.90 Å². The highest BCUT2D eigenvalue weighted by Crippen LogP contribution is 2.34. The fourth-order valence-electron chi connectivity index (χ4n) is 3.11. The van der Waals surface area contributed by atoms with Crippen molar-refractivity contribution < 1.29 is 28.2 Å². The molecule has 1 amide bonds. The standard InChI is InChI=1S/C24H19NO6S2/c1-28-19-10-7-16(13-20(19)29-2)23(27)31-17-8-5-15(6-9-17)12-21-22(26)25(24(32)33-21)14-18-4-3-11-30-18/h3-13H,14H2,1-2H3/b21-12-. The lowest BCUT2D eigenvalue weighted by Gasteiger charge is -2.12. The van der Waals surface area contributed by atoms with Crippen molar-refractivity contribution in [2.75, 3.05) is 14.2 Å². The molecule has 0 spiro atoms. The molecule has 1 fully saturated rings. The molecule has 0 unspecified atom stereocenters. The number of rotatable bonds is 7. The number of nitrogens with zero attached hydrogens (tertiary/aromatic N) is 1. The molecule has 0 atom stereocenters. The zero-order valence-corrected chi connectivity index (χ0v) is 19.4. The minimum Gasteiger partial charge on any atom is -0.493 e. The van der Waals surface area contributed by atoms with Gasteiger partial charge in [0.05, 0.1) is 37.5 Å². The Morgan fingerprint density at radius 3 is 2.52 bits per heavy atom. The van der Waals surface area contributed by atoms with Gasteiger partial charge in [0.2, 0.25) is 0 Å². The summed E-state index contributed by atoms with van der Waals surface area (Å²) >= 11 is 6.58. The smallest absolute Gasteiger partial charge is 0.343 e. The van der Waals surface area contributed by atoms with E-state index < -0.39 is 5.97 Å². The van der Waals surface area contributed by atoms with Crippen LogP contribution in [0.25, 0.3) is 6.08 Å². The highest BCUT2D eigenvalue weighted by atomic mass is 32.2. The van der Waals surface area contributed by atoms with Gasteiger partial charge < -0.3 is 18.6 Å². The first kappa shape index (κ1) is 22.6. The van der Waals surface area contributed by atoms with Gasteiger partial charge in [0.1, 0.15) is 15.8 Å². The lowest BCUT2D eigenvalue weighted by Crippen LogP contribution is -2.27. The second-order valence-electron chi connectivity index (χ2n) is 6.88. The molecule has 168 valence electrons. The highest BCUT2D eigenvalue weighted by molar-refractivity contribution is 8.26. The van der Waals surface area contributed by atoms with Crippen LogP contribution in [0, 0.1) is 0 Å². The molecular formula is C24H19NO6S2. The van der Waals surface area contributed by atoms with Gasteiger partial charge in [-0.3, -0.25) is 9.69 Å². The number of carbonyl (C=O) groups excluding carboxylic acids is 2. The van der Waals surface area contributed by atoms with Gasteiger partial charge in [0.15, 0.2) is 11.5 Å². The van der Waals surface area contributed by atoms with Gasteiger partial charge in [-0.25, -0.2) is 4.79 Å². The Labute approximate surface area is 199 Å². The van der Waals surface area contributed by atoms with Crippen LogP contribution in [0.5, 0.6) is 17.2 Å². The predicted octanol–water partition coefficient (Wildman–Crippen LogP) is 4.92. The molecule has 0 radical (unpaired) electrons. The monoisotopic (exact) mass is 481 g/mol. The van der Waals surface area contributed by atoms with E-state index in [9.17, 15) is 9.59 Å². The van der Waals surface area contributed by atoms with Gasteiger partial charge in [-0.1, -0.05) is 36.1 Å². The Morgan fingerprint density at radius 1 is 1.09 bits per heavy atom. The summed E-state index contributed by atoms with van der Waals surface area (Å²) in [5.41, 5.74) is 1.11. The van der Waals surface area contributed by atoms with E-state index in [0.717, 1.165) is 5.56 Å². The molecule has 0 N–H and O–H groups in total. The number of methoxy groups -OCH3 is 2. The number of amides is 1. The third-order valence-corrected chi connectivity index (χ3v) is 6.15. The average Bonchev–Trinajstić information content (AvgIpc) is 3.44. The summed E-state index contributed by atoms with van der Waals surface area (Å²) in [6.07, 6.45) is 3.31. The normalized spacial score (nSPS) is 14.6. The number of hydrogen-bond acceptors (Lipinski definition) is 8. The number of benzene rings is 2. The van der Waals surface area contributed by atoms with E-state index in [4.69, 9.17) is 30.8 Å². The van der Waals surface area contributed by atoms with E-state index >= 15 is 0 Å². The van der Waals surface area contributed by atoms with Gasteiger partial charge in [0.25, 0.3) is 5.91 Å². The van der Waals surface area contributed by atoms with Crippen LogP contribution in [0.3, 0.4) is 0 Å². The molecule has 7 nitrogen and oxygen atoms in total. The Morgan fingerprint density at radius 2 is 1.85 bits per heavy atom. The van der Waals surface area contributed by atoms with E-state index in [-0.39, 0.29) is 5.91 Å². The number of furan rings is 1. The maximum absolute atomic E-state index is 12.7. The van der Waals surface area contributed by atoms with E-state index in [1.54, 1.807) is 66.9 Å². The molecule has 1 saturated heterocycles. The fourth-order valence-corrected chi connectivity index (χ4v) is 4.36. The number of ether oxygens (including phenoxy) is 3. The zero-order chi connectivity index (χ0) is 23.4. The Hall–Kier alpha value is -3.56. The molecule has 0 bridgehead atoms. The molecule has 0 aliphatic carbocycles. The minimum absolute atomic E-state index is 0.176. The second kappa shape index (κ2) is 9.93. The molecule has 33 heavy (non-hydrogen) atoms. The van der Waals surface area contributed by atoms with E-state index in [2.05, 4.69) is 0 Å². The summed E-state index contributed by atoms with van der Waals surface area (Å²) in [6.45, 7) is 0.292. The van der Waals surface area contributed by atoms with Crippen LogP contribution >= 0.6 is 24.0 Å². The van der Waals surface area contributed by atoms with Crippen molar-refractivity contribution in [2.45, 2.75) is 6.54 Å². The first-order valence-electron chi connectivity index (χ1n) is 9.80. The van der Waals surface area contributed by atoms with Gasteiger partial charge in [-0.15, -0.1) is 0 Å². The lowest BCUT2D eigenvalue weighted by atomic mass is 10.2. The summed E-state index contributed by atoms with van der Waals surface area (Å²) in [5, 5.41) is 0. The quantitative estimate of drug-likeness (QED) is 0.204. The first-order valence-corrected chi connectivity index (χ1v) is 11.0. The molecule has 4 rings (SSSR count). The number of hydrogen-bond donors (Lipinski definition) is 0. The number of esters is 1. The number of thiocarbonyl (C=S) groups is 1.